The number of rotatable bonds is 7. The van der Waals surface area contributed by atoms with Crippen LogP contribution in [0.4, 0.5) is 0 Å². The van der Waals surface area contributed by atoms with E-state index in [2.05, 4.69) is 15.7 Å². The fourth-order valence-corrected chi connectivity index (χ4v) is 3.65. The molecule has 0 spiro atoms. The molecule has 7 nitrogen and oxygen atoms in total. The third-order valence-electron chi connectivity index (χ3n) is 5.36. The Morgan fingerprint density at radius 1 is 1.16 bits per heavy atom. The summed E-state index contributed by atoms with van der Waals surface area (Å²) in [6.07, 6.45) is 9.19. The highest BCUT2D eigenvalue weighted by molar-refractivity contribution is 5.76. The predicted octanol–water partition coefficient (Wildman–Crippen LogP) is 0.911. The van der Waals surface area contributed by atoms with Crippen molar-refractivity contribution in [1.82, 2.24) is 25.3 Å². The summed E-state index contributed by atoms with van der Waals surface area (Å²) in [7, 11) is 0. The van der Waals surface area contributed by atoms with E-state index in [1.807, 2.05) is 21.8 Å². The number of nitrogens with one attached hydrogen (secondary N) is 2. The number of hydrogen-bond acceptors (Lipinski definition) is 4. The standard InChI is InChI=1S/C18H29N5O2/c1-14(24)22-12-7-15(8-13-22)20-16-5-6-17(16)21-18(25)4-2-10-23-11-3-9-19-23/h3,9,11,15-17,20H,2,4-8,10,12-13H2,1H3,(H,21,25). The van der Waals surface area contributed by atoms with E-state index in [1.165, 1.54) is 0 Å². The van der Waals surface area contributed by atoms with Gasteiger partial charge in [0.15, 0.2) is 0 Å². The number of nitrogens with zero attached hydrogens (tertiary/aromatic N) is 3. The average molecular weight is 347 g/mol. The fraction of sp³-hybridized carbons (Fsp3) is 0.722. The summed E-state index contributed by atoms with van der Waals surface area (Å²) in [5.41, 5.74) is 0. The van der Waals surface area contributed by atoms with Gasteiger partial charge in [0.2, 0.25) is 11.8 Å². The zero-order valence-electron chi connectivity index (χ0n) is 15.0. The molecule has 3 rings (SSSR count). The van der Waals surface area contributed by atoms with E-state index < -0.39 is 0 Å². The van der Waals surface area contributed by atoms with Gasteiger partial charge < -0.3 is 15.5 Å². The first-order chi connectivity index (χ1) is 12.1. The van der Waals surface area contributed by atoms with Crippen LogP contribution in [-0.2, 0) is 16.1 Å². The van der Waals surface area contributed by atoms with Crippen LogP contribution < -0.4 is 10.6 Å². The van der Waals surface area contributed by atoms with Crippen molar-refractivity contribution in [3.8, 4) is 0 Å². The Balaban J connectivity index is 1.32. The third-order valence-corrected chi connectivity index (χ3v) is 5.36. The van der Waals surface area contributed by atoms with E-state index in [0.717, 1.165) is 51.7 Å². The van der Waals surface area contributed by atoms with Crippen molar-refractivity contribution in [2.75, 3.05) is 13.1 Å². The summed E-state index contributed by atoms with van der Waals surface area (Å²) in [6, 6.07) is 2.98. The Bertz CT molecular complexity index is 566. The first kappa shape index (κ1) is 17.9. The van der Waals surface area contributed by atoms with Crippen molar-refractivity contribution in [3.63, 3.8) is 0 Å². The number of carbonyl (C=O) groups excluding carboxylic acids is 2. The Morgan fingerprint density at radius 2 is 1.92 bits per heavy atom. The SMILES string of the molecule is CC(=O)N1CCC(NC2CCC2NC(=O)CCCn2cccn2)CC1. The second-order valence-electron chi connectivity index (χ2n) is 7.18. The maximum atomic E-state index is 12.1. The molecule has 138 valence electrons. The van der Waals surface area contributed by atoms with Crippen LogP contribution >= 0.6 is 0 Å². The van der Waals surface area contributed by atoms with E-state index in [0.29, 0.717) is 18.5 Å². The fourth-order valence-electron chi connectivity index (χ4n) is 3.65. The second-order valence-corrected chi connectivity index (χ2v) is 7.18. The molecule has 1 aliphatic carbocycles. The molecule has 7 heteroatoms. The maximum absolute atomic E-state index is 12.1. The molecular formula is C18H29N5O2. The number of aryl methyl sites for hydroxylation is 1. The summed E-state index contributed by atoms with van der Waals surface area (Å²) in [5, 5.41) is 11.0. The molecule has 1 aromatic rings. The van der Waals surface area contributed by atoms with Gasteiger partial charge in [-0.15, -0.1) is 0 Å². The minimum atomic E-state index is 0.134. The third kappa shape index (κ3) is 5.04. The maximum Gasteiger partial charge on any atom is 0.220 e. The zero-order valence-corrected chi connectivity index (χ0v) is 15.0. The lowest BCUT2D eigenvalue weighted by Crippen LogP contribution is -2.60. The highest BCUT2D eigenvalue weighted by atomic mass is 16.2. The van der Waals surface area contributed by atoms with Gasteiger partial charge in [0.25, 0.3) is 0 Å². The van der Waals surface area contributed by atoms with Gasteiger partial charge in [-0.2, -0.15) is 5.10 Å². The molecule has 0 bridgehead atoms. The van der Waals surface area contributed by atoms with Crippen LogP contribution in [0.25, 0.3) is 0 Å². The molecule has 1 saturated carbocycles. The molecule has 2 unspecified atom stereocenters. The van der Waals surface area contributed by atoms with Gasteiger partial charge in [0.05, 0.1) is 0 Å². The molecule has 2 atom stereocenters. The van der Waals surface area contributed by atoms with Gasteiger partial charge in [-0.25, -0.2) is 0 Å². The number of likely N-dealkylation sites (tertiary alicyclic amines) is 1. The van der Waals surface area contributed by atoms with Crippen LogP contribution in [0.5, 0.6) is 0 Å². The minimum Gasteiger partial charge on any atom is -0.352 e. The van der Waals surface area contributed by atoms with Crippen molar-refractivity contribution in [2.45, 2.75) is 70.1 Å². The highest BCUT2D eigenvalue weighted by Gasteiger charge is 2.34. The van der Waals surface area contributed by atoms with Crippen molar-refractivity contribution >= 4 is 11.8 Å². The summed E-state index contributed by atoms with van der Waals surface area (Å²) in [6.45, 7) is 4.09. The van der Waals surface area contributed by atoms with Gasteiger partial charge in [-0.05, 0) is 38.2 Å². The molecule has 2 N–H and O–H groups in total. The van der Waals surface area contributed by atoms with E-state index >= 15 is 0 Å². The summed E-state index contributed by atoms with van der Waals surface area (Å²) >= 11 is 0. The number of carbonyl (C=O) groups is 2. The van der Waals surface area contributed by atoms with E-state index in [9.17, 15) is 9.59 Å². The second kappa shape index (κ2) is 8.47. The molecular weight excluding hydrogens is 318 g/mol. The van der Waals surface area contributed by atoms with Crippen molar-refractivity contribution in [2.24, 2.45) is 0 Å². The van der Waals surface area contributed by atoms with Crippen molar-refractivity contribution < 1.29 is 9.59 Å². The smallest absolute Gasteiger partial charge is 0.220 e. The van der Waals surface area contributed by atoms with Gasteiger partial charge in [-0.1, -0.05) is 0 Å². The molecule has 0 radical (unpaired) electrons. The largest absolute Gasteiger partial charge is 0.352 e. The highest BCUT2D eigenvalue weighted by Crippen LogP contribution is 2.23. The van der Waals surface area contributed by atoms with E-state index in [1.54, 1.807) is 13.1 Å². The lowest BCUT2D eigenvalue weighted by Gasteiger charge is -2.42. The number of hydrogen-bond donors (Lipinski definition) is 2. The Morgan fingerprint density at radius 3 is 2.52 bits per heavy atom. The van der Waals surface area contributed by atoms with Gasteiger partial charge in [-0.3, -0.25) is 14.3 Å². The number of aromatic nitrogens is 2. The first-order valence-electron chi connectivity index (χ1n) is 9.40. The lowest BCUT2D eigenvalue weighted by molar-refractivity contribution is -0.130. The van der Waals surface area contributed by atoms with Crippen LogP contribution in [-0.4, -0.2) is 57.7 Å². The summed E-state index contributed by atoms with van der Waals surface area (Å²) in [4.78, 5) is 25.4. The lowest BCUT2D eigenvalue weighted by atomic mass is 9.85. The number of amides is 2. The topological polar surface area (TPSA) is 79.3 Å². The molecule has 0 aromatic carbocycles. The molecule has 2 aliphatic rings. The Labute approximate surface area is 149 Å². The quantitative estimate of drug-likeness (QED) is 0.768. The van der Waals surface area contributed by atoms with E-state index in [4.69, 9.17) is 0 Å². The first-order valence-corrected chi connectivity index (χ1v) is 9.40. The normalized spacial score (nSPS) is 24.0. The van der Waals surface area contributed by atoms with Crippen LogP contribution in [0.2, 0.25) is 0 Å². The molecule has 1 aromatic heterocycles. The summed E-state index contributed by atoms with van der Waals surface area (Å²) in [5.74, 6) is 0.303. The average Bonchev–Trinajstić information content (AvgIpc) is 3.10. The zero-order chi connectivity index (χ0) is 17.6. The van der Waals surface area contributed by atoms with Crippen molar-refractivity contribution in [3.05, 3.63) is 18.5 Å². The van der Waals surface area contributed by atoms with Crippen LogP contribution in [0, 0.1) is 0 Å². The number of piperidine rings is 1. The Kier molecular flexibility index (Phi) is 6.07. The molecule has 1 saturated heterocycles. The molecule has 2 amide bonds. The van der Waals surface area contributed by atoms with Gasteiger partial charge >= 0.3 is 0 Å². The van der Waals surface area contributed by atoms with Crippen LogP contribution in [0.3, 0.4) is 0 Å². The van der Waals surface area contributed by atoms with Crippen LogP contribution in [0.15, 0.2) is 18.5 Å². The molecule has 1 aliphatic heterocycles. The van der Waals surface area contributed by atoms with E-state index in [-0.39, 0.29) is 17.9 Å². The monoisotopic (exact) mass is 347 g/mol. The summed E-state index contributed by atoms with van der Waals surface area (Å²) < 4.78 is 1.86. The van der Waals surface area contributed by atoms with Crippen molar-refractivity contribution in [1.29, 1.82) is 0 Å². The van der Waals surface area contributed by atoms with Gasteiger partial charge in [0.1, 0.15) is 0 Å². The van der Waals surface area contributed by atoms with Crippen LogP contribution in [0.1, 0.15) is 45.4 Å². The Hall–Kier alpha value is -1.89. The van der Waals surface area contributed by atoms with Gasteiger partial charge in [0, 0.05) is 63.5 Å². The molecule has 25 heavy (non-hydrogen) atoms. The predicted molar refractivity (Wildman–Crippen MR) is 94.8 cm³/mol. The minimum absolute atomic E-state index is 0.134. The molecule has 2 heterocycles. The molecule has 2 fully saturated rings.